The molecule has 0 bridgehead atoms. The van der Waals surface area contributed by atoms with E-state index < -0.39 is 23.9 Å². The topological polar surface area (TPSA) is 94.2 Å². The van der Waals surface area contributed by atoms with E-state index in [4.69, 9.17) is 14.2 Å². The quantitative estimate of drug-likeness (QED) is 0.296. The van der Waals surface area contributed by atoms with E-state index in [0.29, 0.717) is 34.7 Å². The molecule has 1 N–H and O–H groups in total. The molecule has 0 aliphatic carbocycles. The molecule has 0 unspecified atom stereocenters. The van der Waals surface area contributed by atoms with E-state index in [2.05, 4.69) is 12.0 Å². The van der Waals surface area contributed by atoms with Crippen molar-refractivity contribution < 1.29 is 28.6 Å². The van der Waals surface area contributed by atoms with Crippen molar-refractivity contribution in [2.24, 2.45) is 0 Å². The Morgan fingerprint density at radius 3 is 2.53 bits per heavy atom. The van der Waals surface area contributed by atoms with Gasteiger partial charge in [0.1, 0.15) is 5.57 Å². The summed E-state index contributed by atoms with van der Waals surface area (Å²) in [7, 11) is 2.74. The van der Waals surface area contributed by atoms with E-state index in [0.717, 1.165) is 0 Å². The number of hydrazine groups is 1. The predicted octanol–water partition coefficient (Wildman–Crippen LogP) is 2.83. The number of esters is 1. The second kappa shape index (κ2) is 9.82. The first-order valence-electron chi connectivity index (χ1n) is 9.88. The summed E-state index contributed by atoms with van der Waals surface area (Å²) in [6.07, 6.45) is 2.71. The molecule has 0 spiro atoms. The zero-order valence-corrected chi connectivity index (χ0v) is 18.1. The van der Waals surface area contributed by atoms with E-state index in [1.807, 2.05) is 6.07 Å². The second-order valence-corrected chi connectivity index (χ2v) is 6.96. The third-order valence-corrected chi connectivity index (χ3v) is 4.78. The number of ether oxygens (including phenoxy) is 3. The number of hydrogen-bond donors (Lipinski definition) is 1. The average Bonchev–Trinajstić information content (AvgIpc) is 3.08. The number of amides is 2. The minimum absolute atomic E-state index is 0.0166. The Morgan fingerprint density at radius 1 is 1.19 bits per heavy atom. The fourth-order valence-corrected chi connectivity index (χ4v) is 3.23. The third-order valence-electron chi connectivity index (χ3n) is 4.78. The SMILES string of the molecule is C=CCc1cc(/C=C2/C(=O)NN(c3ccccc3)C2=O)cc(OC)c1O[C@H](C)C(=O)OC. The maximum absolute atomic E-state index is 12.9. The van der Waals surface area contributed by atoms with Crippen molar-refractivity contribution in [2.75, 3.05) is 19.2 Å². The zero-order valence-electron chi connectivity index (χ0n) is 18.1. The van der Waals surface area contributed by atoms with Gasteiger partial charge in [-0.25, -0.2) is 9.80 Å². The van der Waals surface area contributed by atoms with Crippen molar-refractivity contribution in [3.63, 3.8) is 0 Å². The summed E-state index contributed by atoms with van der Waals surface area (Å²) in [5, 5.41) is 1.20. The standard InChI is InChI=1S/C24H24N2O6/c1-5-9-17-12-16(14-20(30-3)21(17)32-15(2)24(29)31-4)13-19-22(27)25-26(23(19)28)18-10-7-6-8-11-18/h5-8,10-15H,1,9H2,2-4H3,(H,25,27)/b19-13-/t15-/m1/s1. The third kappa shape index (κ3) is 4.64. The molecule has 2 amide bonds. The summed E-state index contributed by atoms with van der Waals surface area (Å²) in [5.74, 6) is -0.803. The fourth-order valence-electron chi connectivity index (χ4n) is 3.23. The number of anilines is 1. The average molecular weight is 436 g/mol. The van der Waals surface area contributed by atoms with Gasteiger partial charge < -0.3 is 14.2 Å². The molecule has 0 saturated carbocycles. The highest BCUT2D eigenvalue weighted by Gasteiger charge is 2.34. The van der Waals surface area contributed by atoms with E-state index in [-0.39, 0.29) is 5.57 Å². The van der Waals surface area contributed by atoms with Crippen molar-refractivity contribution in [1.82, 2.24) is 5.43 Å². The summed E-state index contributed by atoms with van der Waals surface area (Å²) in [6.45, 7) is 5.32. The summed E-state index contributed by atoms with van der Waals surface area (Å²) in [6, 6.07) is 12.2. The number of nitrogens with zero attached hydrogens (tertiary/aromatic N) is 1. The lowest BCUT2D eigenvalue weighted by Crippen LogP contribution is -2.35. The lowest BCUT2D eigenvalue weighted by atomic mass is 10.0. The number of rotatable bonds is 8. The van der Waals surface area contributed by atoms with Crippen molar-refractivity contribution >= 4 is 29.5 Å². The van der Waals surface area contributed by atoms with Crippen molar-refractivity contribution in [1.29, 1.82) is 0 Å². The van der Waals surface area contributed by atoms with Crippen molar-refractivity contribution in [3.05, 3.63) is 71.8 Å². The van der Waals surface area contributed by atoms with Crippen LogP contribution in [0.1, 0.15) is 18.1 Å². The zero-order chi connectivity index (χ0) is 23.3. The van der Waals surface area contributed by atoms with E-state index in [1.165, 1.54) is 25.3 Å². The number of methoxy groups -OCH3 is 2. The van der Waals surface area contributed by atoms with E-state index >= 15 is 0 Å². The molecule has 1 saturated heterocycles. The van der Waals surface area contributed by atoms with Crippen LogP contribution >= 0.6 is 0 Å². The first kappa shape index (κ1) is 22.6. The van der Waals surface area contributed by atoms with Crippen LogP contribution in [0.5, 0.6) is 11.5 Å². The van der Waals surface area contributed by atoms with Crippen LogP contribution in [0.25, 0.3) is 6.08 Å². The number of benzene rings is 2. The summed E-state index contributed by atoms with van der Waals surface area (Å²) >= 11 is 0. The normalized spacial score (nSPS) is 15.3. The van der Waals surface area contributed by atoms with Crippen LogP contribution in [0, 0.1) is 0 Å². The molecule has 1 aliphatic rings. The molecule has 2 aromatic carbocycles. The van der Waals surface area contributed by atoms with Gasteiger partial charge in [0, 0.05) is 5.56 Å². The van der Waals surface area contributed by atoms with Crippen LogP contribution < -0.4 is 19.9 Å². The van der Waals surface area contributed by atoms with Gasteiger partial charge >= 0.3 is 5.97 Å². The molecule has 1 fully saturated rings. The predicted molar refractivity (Wildman–Crippen MR) is 119 cm³/mol. The highest BCUT2D eigenvalue weighted by atomic mass is 16.6. The molecule has 166 valence electrons. The molecule has 32 heavy (non-hydrogen) atoms. The Balaban J connectivity index is 1.99. The lowest BCUT2D eigenvalue weighted by molar-refractivity contribution is -0.148. The smallest absolute Gasteiger partial charge is 0.346 e. The number of carbonyl (C=O) groups is 3. The molecular weight excluding hydrogens is 412 g/mol. The Hall–Kier alpha value is -4.07. The van der Waals surface area contributed by atoms with Gasteiger partial charge in [0.25, 0.3) is 11.8 Å². The largest absolute Gasteiger partial charge is 0.493 e. The van der Waals surface area contributed by atoms with Gasteiger partial charge in [-0.1, -0.05) is 24.3 Å². The molecule has 0 radical (unpaired) electrons. The highest BCUT2D eigenvalue weighted by Crippen LogP contribution is 2.35. The number of carbonyl (C=O) groups excluding carboxylic acids is 3. The number of para-hydroxylation sites is 1. The minimum atomic E-state index is -0.858. The molecule has 0 aromatic heterocycles. The minimum Gasteiger partial charge on any atom is -0.493 e. The fraction of sp³-hybridized carbons (Fsp3) is 0.208. The van der Waals surface area contributed by atoms with Crippen LogP contribution in [-0.4, -0.2) is 38.1 Å². The first-order chi connectivity index (χ1) is 15.4. The molecule has 1 aliphatic heterocycles. The van der Waals surface area contributed by atoms with Crippen LogP contribution in [-0.2, 0) is 25.5 Å². The molecular formula is C24H24N2O6. The molecule has 1 heterocycles. The Labute approximate surface area is 186 Å². The summed E-state index contributed by atoms with van der Waals surface area (Å²) < 4.78 is 16.0. The molecule has 1 atom stereocenters. The maximum Gasteiger partial charge on any atom is 0.346 e. The van der Waals surface area contributed by atoms with Crippen LogP contribution in [0.4, 0.5) is 5.69 Å². The number of hydrogen-bond acceptors (Lipinski definition) is 6. The lowest BCUT2D eigenvalue weighted by Gasteiger charge is -2.19. The number of allylic oxidation sites excluding steroid dienone is 1. The summed E-state index contributed by atoms with van der Waals surface area (Å²) in [4.78, 5) is 37.1. The van der Waals surface area contributed by atoms with E-state index in [9.17, 15) is 14.4 Å². The first-order valence-corrected chi connectivity index (χ1v) is 9.88. The van der Waals surface area contributed by atoms with Crippen molar-refractivity contribution in [3.8, 4) is 11.5 Å². The van der Waals surface area contributed by atoms with Gasteiger partial charge in [-0.05, 0) is 49.2 Å². The molecule has 8 nitrogen and oxygen atoms in total. The molecule has 2 aromatic rings. The summed E-state index contributed by atoms with van der Waals surface area (Å²) in [5.41, 5.74) is 4.34. The van der Waals surface area contributed by atoms with Crippen LogP contribution in [0.2, 0.25) is 0 Å². The van der Waals surface area contributed by atoms with Gasteiger partial charge in [0.05, 0.1) is 19.9 Å². The number of nitrogens with one attached hydrogen (secondary N) is 1. The van der Waals surface area contributed by atoms with E-state index in [1.54, 1.807) is 49.4 Å². The Bertz CT molecular complexity index is 1080. The highest BCUT2D eigenvalue weighted by molar-refractivity contribution is 6.31. The van der Waals surface area contributed by atoms with Crippen molar-refractivity contribution in [2.45, 2.75) is 19.4 Å². The van der Waals surface area contributed by atoms with Gasteiger partial charge in [0.2, 0.25) is 0 Å². The monoisotopic (exact) mass is 436 g/mol. The van der Waals surface area contributed by atoms with Crippen LogP contribution in [0.3, 0.4) is 0 Å². The van der Waals surface area contributed by atoms with Gasteiger partial charge in [0.15, 0.2) is 17.6 Å². The maximum atomic E-state index is 12.9. The molecule has 3 rings (SSSR count). The van der Waals surface area contributed by atoms with Gasteiger partial charge in [-0.2, -0.15) is 0 Å². The molecule has 8 heteroatoms. The van der Waals surface area contributed by atoms with Crippen LogP contribution in [0.15, 0.2) is 60.7 Å². The van der Waals surface area contributed by atoms with Gasteiger partial charge in [-0.3, -0.25) is 15.0 Å². The second-order valence-electron chi connectivity index (χ2n) is 6.96. The Kier molecular flexibility index (Phi) is 6.94. The van der Waals surface area contributed by atoms with Gasteiger partial charge in [-0.15, -0.1) is 6.58 Å². The Morgan fingerprint density at radius 2 is 1.91 bits per heavy atom.